The van der Waals surface area contributed by atoms with Crippen LogP contribution in [0.25, 0.3) is 0 Å². The van der Waals surface area contributed by atoms with Gasteiger partial charge in [0.15, 0.2) is 5.78 Å². The highest BCUT2D eigenvalue weighted by Crippen LogP contribution is 2.04. The van der Waals surface area contributed by atoms with E-state index in [9.17, 15) is 18.8 Å². The van der Waals surface area contributed by atoms with Gasteiger partial charge in [-0.3, -0.25) is 19.5 Å². The van der Waals surface area contributed by atoms with E-state index in [2.05, 4.69) is 5.10 Å². The molecule has 1 N–H and O–H groups in total. The first-order valence-corrected chi connectivity index (χ1v) is 5.99. The monoisotopic (exact) mass is 276 g/mol. The second-order valence-corrected chi connectivity index (χ2v) is 4.51. The zero-order chi connectivity index (χ0) is 14.9. The number of halogens is 1. The molecular formula is C14H13FN2O3. The van der Waals surface area contributed by atoms with Crippen LogP contribution in [0.15, 0.2) is 33.9 Å². The molecule has 0 radical (unpaired) electrons. The molecule has 1 aromatic carbocycles. The molecule has 0 saturated carbocycles. The van der Waals surface area contributed by atoms with Crippen molar-refractivity contribution < 1.29 is 9.18 Å². The molecule has 0 amide bonds. The van der Waals surface area contributed by atoms with Gasteiger partial charge in [-0.15, -0.1) is 0 Å². The predicted molar refractivity (Wildman–Crippen MR) is 71.5 cm³/mol. The van der Waals surface area contributed by atoms with Crippen LogP contribution in [-0.2, 0) is 6.54 Å². The van der Waals surface area contributed by atoms with Crippen molar-refractivity contribution in [1.82, 2.24) is 9.78 Å². The fourth-order valence-corrected chi connectivity index (χ4v) is 1.77. The SMILES string of the molecule is Cc1c(C)c(=O)n(CC(=O)c2ccc(F)cc2)[nH]c1=O. The molecule has 0 bridgehead atoms. The lowest BCUT2D eigenvalue weighted by atomic mass is 10.1. The third-order valence-electron chi connectivity index (χ3n) is 3.17. The van der Waals surface area contributed by atoms with Crippen LogP contribution in [-0.4, -0.2) is 15.6 Å². The topological polar surface area (TPSA) is 71.9 Å². The van der Waals surface area contributed by atoms with E-state index in [1.165, 1.54) is 31.2 Å². The first-order valence-electron chi connectivity index (χ1n) is 5.99. The number of H-pyrrole nitrogens is 1. The molecule has 0 spiro atoms. The van der Waals surface area contributed by atoms with E-state index in [4.69, 9.17) is 0 Å². The first-order chi connectivity index (χ1) is 9.40. The molecule has 20 heavy (non-hydrogen) atoms. The Bertz CT molecular complexity index is 772. The van der Waals surface area contributed by atoms with Gasteiger partial charge in [-0.1, -0.05) is 0 Å². The second kappa shape index (κ2) is 5.24. The van der Waals surface area contributed by atoms with Crippen molar-refractivity contribution in [3.8, 4) is 0 Å². The molecule has 0 fully saturated rings. The Hall–Kier alpha value is -2.50. The number of aromatic amines is 1. The highest BCUT2D eigenvalue weighted by Gasteiger charge is 2.12. The number of carbonyl (C=O) groups is 1. The Morgan fingerprint density at radius 1 is 1.15 bits per heavy atom. The van der Waals surface area contributed by atoms with E-state index in [1.54, 1.807) is 6.92 Å². The molecule has 0 atom stereocenters. The largest absolute Gasteiger partial charge is 0.292 e. The molecule has 5 nitrogen and oxygen atoms in total. The minimum absolute atomic E-state index is 0.275. The number of hydrogen-bond donors (Lipinski definition) is 1. The van der Waals surface area contributed by atoms with E-state index in [0.717, 1.165) is 4.68 Å². The number of carbonyl (C=O) groups excluding carboxylic acids is 1. The van der Waals surface area contributed by atoms with E-state index >= 15 is 0 Å². The number of aromatic nitrogens is 2. The molecule has 0 aliphatic carbocycles. The van der Waals surface area contributed by atoms with E-state index in [-0.39, 0.29) is 17.9 Å². The van der Waals surface area contributed by atoms with Crippen molar-refractivity contribution in [3.05, 3.63) is 67.5 Å². The summed E-state index contributed by atoms with van der Waals surface area (Å²) < 4.78 is 13.7. The summed E-state index contributed by atoms with van der Waals surface area (Å²) in [5, 5.41) is 2.35. The van der Waals surface area contributed by atoms with Crippen molar-refractivity contribution in [2.24, 2.45) is 0 Å². The van der Waals surface area contributed by atoms with Crippen LogP contribution < -0.4 is 11.1 Å². The van der Waals surface area contributed by atoms with Crippen LogP contribution in [0.2, 0.25) is 0 Å². The molecule has 0 unspecified atom stereocenters. The van der Waals surface area contributed by atoms with Crippen LogP contribution in [0, 0.1) is 19.7 Å². The maximum absolute atomic E-state index is 12.8. The van der Waals surface area contributed by atoms with Crippen LogP contribution in [0.1, 0.15) is 21.5 Å². The van der Waals surface area contributed by atoms with Gasteiger partial charge < -0.3 is 0 Å². The second-order valence-electron chi connectivity index (χ2n) is 4.51. The molecule has 0 saturated heterocycles. The predicted octanol–water partition coefficient (Wildman–Crippen LogP) is 1.18. The van der Waals surface area contributed by atoms with Crippen LogP contribution in [0.5, 0.6) is 0 Å². The minimum atomic E-state index is -0.446. The van der Waals surface area contributed by atoms with Gasteiger partial charge in [0.05, 0.1) is 0 Å². The van der Waals surface area contributed by atoms with Crippen molar-refractivity contribution in [1.29, 1.82) is 0 Å². The fraction of sp³-hybridized carbons (Fsp3) is 0.214. The van der Waals surface area contributed by atoms with Gasteiger partial charge in [0, 0.05) is 16.7 Å². The van der Waals surface area contributed by atoms with Gasteiger partial charge >= 0.3 is 0 Å². The number of nitrogens with zero attached hydrogens (tertiary/aromatic N) is 1. The summed E-state index contributed by atoms with van der Waals surface area (Å²) >= 11 is 0. The average Bonchev–Trinajstić information content (AvgIpc) is 2.43. The van der Waals surface area contributed by atoms with Crippen molar-refractivity contribution in [2.45, 2.75) is 20.4 Å². The molecule has 1 heterocycles. The number of Topliss-reactive ketones (excluding diaryl/α,β-unsaturated/α-hetero) is 1. The molecule has 0 aliphatic rings. The lowest BCUT2D eigenvalue weighted by Crippen LogP contribution is -2.35. The highest BCUT2D eigenvalue weighted by atomic mass is 19.1. The van der Waals surface area contributed by atoms with E-state index in [1.807, 2.05) is 0 Å². The van der Waals surface area contributed by atoms with Gasteiger partial charge in [0.1, 0.15) is 12.4 Å². The summed E-state index contributed by atoms with van der Waals surface area (Å²) in [7, 11) is 0. The van der Waals surface area contributed by atoms with Crippen LogP contribution in [0.3, 0.4) is 0 Å². The third-order valence-corrected chi connectivity index (χ3v) is 3.17. The lowest BCUT2D eigenvalue weighted by molar-refractivity contribution is 0.0965. The number of nitrogens with one attached hydrogen (secondary N) is 1. The third kappa shape index (κ3) is 2.59. The molecule has 104 valence electrons. The van der Waals surface area contributed by atoms with E-state index in [0.29, 0.717) is 11.1 Å². The molecule has 2 rings (SSSR count). The Morgan fingerprint density at radius 2 is 1.75 bits per heavy atom. The minimum Gasteiger partial charge on any atom is -0.292 e. The Balaban J connectivity index is 2.36. The first kappa shape index (κ1) is 13.9. The zero-order valence-corrected chi connectivity index (χ0v) is 11.1. The van der Waals surface area contributed by atoms with Gasteiger partial charge in [-0.05, 0) is 38.1 Å². The summed E-state index contributed by atoms with van der Waals surface area (Å²) in [6.07, 6.45) is 0. The molecule has 1 aromatic heterocycles. The normalized spacial score (nSPS) is 10.6. The maximum Gasteiger partial charge on any atom is 0.268 e. The fourth-order valence-electron chi connectivity index (χ4n) is 1.77. The van der Waals surface area contributed by atoms with Crippen molar-refractivity contribution in [3.63, 3.8) is 0 Å². The van der Waals surface area contributed by atoms with Crippen LogP contribution in [0.4, 0.5) is 4.39 Å². The van der Waals surface area contributed by atoms with Gasteiger partial charge in [-0.25, -0.2) is 9.07 Å². The average molecular weight is 276 g/mol. The highest BCUT2D eigenvalue weighted by molar-refractivity contribution is 5.95. The standard InChI is InChI=1S/C14H13FN2O3/c1-8-9(2)14(20)17(16-13(8)19)7-12(18)10-3-5-11(15)6-4-10/h3-6H,7H2,1-2H3,(H,16,19). The number of rotatable bonds is 3. The maximum atomic E-state index is 12.8. The summed E-state index contributed by atoms with van der Waals surface area (Å²) in [5.74, 6) is -0.829. The molecule has 2 aromatic rings. The van der Waals surface area contributed by atoms with Gasteiger partial charge in [0.25, 0.3) is 11.1 Å². The Kier molecular flexibility index (Phi) is 3.65. The summed E-state index contributed by atoms with van der Waals surface area (Å²) in [6, 6.07) is 5.00. The van der Waals surface area contributed by atoms with E-state index < -0.39 is 16.9 Å². The lowest BCUT2D eigenvalue weighted by Gasteiger charge is -2.07. The van der Waals surface area contributed by atoms with Crippen molar-refractivity contribution >= 4 is 5.78 Å². The number of benzene rings is 1. The molecule has 6 heteroatoms. The summed E-state index contributed by atoms with van der Waals surface area (Å²) in [6.45, 7) is 2.79. The van der Waals surface area contributed by atoms with Gasteiger partial charge in [0.2, 0.25) is 0 Å². The number of hydrogen-bond acceptors (Lipinski definition) is 3. The summed E-state index contributed by atoms with van der Waals surface area (Å²) in [4.78, 5) is 35.5. The molecule has 0 aliphatic heterocycles. The van der Waals surface area contributed by atoms with Crippen molar-refractivity contribution in [2.75, 3.05) is 0 Å². The zero-order valence-electron chi connectivity index (χ0n) is 11.1. The molecular weight excluding hydrogens is 263 g/mol. The quantitative estimate of drug-likeness (QED) is 0.855. The van der Waals surface area contributed by atoms with Crippen LogP contribution >= 0.6 is 0 Å². The number of ketones is 1. The summed E-state index contributed by atoms with van der Waals surface area (Å²) in [5.41, 5.74) is 0.0880. The Labute approximate surface area is 113 Å². The van der Waals surface area contributed by atoms with Gasteiger partial charge in [-0.2, -0.15) is 0 Å². The Morgan fingerprint density at radius 3 is 2.35 bits per heavy atom. The smallest absolute Gasteiger partial charge is 0.268 e.